The van der Waals surface area contributed by atoms with Gasteiger partial charge in [-0.05, 0) is 37.0 Å². The van der Waals surface area contributed by atoms with Crippen LogP contribution in [0, 0.1) is 23.6 Å². The van der Waals surface area contributed by atoms with Gasteiger partial charge in [0.15, 0.2) is 0 Å². The molecule has 0 bridgehead atoms. The van der Waals surface area contributed by atoms with E-state index in [9.17, 15) is 9.18 Å². The average molecular weight is 289 g/mol. The number of carbonyl (C=O) groups is 1. The van der Waals surface area contributed by atoms with E-state index in [1.165, 1.54) is 18.6 Å². The van der Waals surface area contributed by atoms with Gasteiger partial charge in [0.2, 0.25) is 0 Å². The molecule has 1 aliphatic rings. The summed E-state index contributed by atoms with van der Waals surface area (Å²) in [6.45, 7) is 1.82. The number of hydrogen-bond acceptors (Lipinski definition) is 2. The lowest BCUT2D eigenvalue weighted by atomic mass is 9.86. The number of aliphatic hydroxyl groups excluding tert-OH is 1. The third-order valence-electron chi connectivity index (χ3n) is 3.96. The van der Waals surface area contributed by atoms with Crippen molar-refractivity contribution < 1.29 is 14.3 Å². The Labute approximate surface area is 124 Å². The van der Waals surface area contributed by atoms with Crippen molar-refractivity contribution in [1.82, 2.24) is 5.32 Å². The largest absolute Gasteiger partial charge is 0.384 e. The molecule has 21 heavy (non-hydrogen) atoms. The highest BCUT2D eigenvalue weighted by molar-refractivity contribution is 5.94. The van der Waals surface area contributed by atoms with Crippen LogP contribution < -0.4 is 5.32 Å². The molecule has 1 saturated carbocycles. The van der Waals surface area contributed by atoms with Crippen LogP contribution in [0.1, 0.15) is 48.5 Å². The van der Waals surface area contributed by atoms with Gasteiger partial charge >= 0.3 is 0 Å². The third-order valence-corrected chi connectivity index (χ3v) is 3.96. The maximum absolute atomic E-state index is 13.8. The van der Waals surface area contributed by atoms with E-state index in [-0.39, 0.29) is 24.1 Å². The first-order valence-corrected chi connectivity index (χ1v) is 7.32. The van der Waals surface area contributed by atoms with E-state index in [0.29, 0.717) is 11.5 Å². The van der Waals surface area contributed by atoms with Gasteiger partial charge in [0.25, 0.3) is 5.91 Å². The fraction of sp³-hybridized carbons (Fsp3) is 0.471. The Morgan fingerprint density at radius 2 is 2.19 bits per heavy atom. The Bertz CT molecular complexity index is 574. The molecule has 1 aliphatic carbocycles. The second-order valence-corrected chi connectivity index (χ2v) is 5.50. The van der Waals surface area contributed by atoms with E-state index in [0.717, 1.165) is 19.3 Å². The van der Waals surface area contributed by atoms with Gasteiger partial charge in [-0.1, -0.05) is 31.6 Å². The molecule has 0 radical (unpaired) electrons. The van der Waals surface area contributed by atoms with Crippen LogP contribution in [0.3, 0.4) is 0 Å². The summed E-state index contributed by atoms with van der Waals surface area (Å²) >= 11 is 0. The van der Waals surface area contributed by atoms with Crippen LogP contribution in [0.4, 0.5) is 4.39 Å². The minimum Gasteiger partial charge on any atom is -0.384 e. The Morgan fingerprint density at radius 3 is 2.86 bits per heavy atom. The summed E-state index contributed by atoms with van der Waals surface area (Å²) in [6.07, 6.45) is 4.43. The van der Waals surface area contributed by atoms with E-state index >= 15 is 0 Å². The number of rotatable bonds is 2. The zero-order valence-corrected chi connectivity index (χ0v) is 12.2. The van der Waals surface area contributed by atoms with E-state index in [1.54, 1.807) is 6.07 Å². The highest BCUT2D eigenvalue weighted by Gasteiger charge is 2.23. The molecule has 0 aliphatic heterocycles. The molecule has 1 amide bonds. The topological polar surface area (TPSA) is 49.3 Å². The summed E-state index contributed by atoms with van der Waals surface area (Å²) in [7, 11) is 0. The van der Waals surface area contributed by atoms with Gasteiger partial charge in [-0.15, -0.1) is 0 Å². The monoisotopic (exact) mass is 289 g/mol. The van der Waals surface area contributed by atoms with Crippen molar-refractivity contribution in [1.29, 1.82) is 0 Å². The molecule has 112 valence electrons. The number of aliphatic hydroxyl groups is 1. The standard InChI is InChI=1S/C17H20FNO2/c1-12-5-2-3-7-16(12)19-17(21)14-9-8-13(6-4-10-20)15(18)11-14/h8-9,11-12,16,20H,2-3,5,7,10H2,1H3,(H,19,21). The summed E-state index contributed by atoms with van der Waals surface area (Å²) < 4.78 is 13.8. The van der Waals surface area contributed by atoms with E-state index in [1.807, 2.05) is 0 Å². The zero-order valence-electron chi connectivity index (χ0n) is 12.2. The molecule has 0 spiro atoms. The maximum Gasteiger partial charge on any atom is 0.251 e. The first-order valence-electron chi connectivity index (χ1n) is 7.32. The van der Waals surface area contributed by atoms with Crippen molar-refractivity contribution in [3.63, 3.8) is 0 Å². The quantitative estimate of drug-likeness (QED) is 0.822. The number of benzene rings is 1. The summed E-state index contributed by atoms with van der Waals surface area (Å²) in [5.74, 6) is 4.58. The third kappa shape index (κ3) is 4.05. The Balaban J connectivity index is 2.07. The smallest absolute Gasteiger partial charge is 0.251 e. The Morgan fingerprint density at radius 1 is 1.43 bits per heavy atom. The molecular weight excluding hydrogens is 269 g/mol. The van der Waals surface area contributed by atoms with Crippen molar-refractivity contribution in [3.05, 3.63) is 35.1 Å². The van der Waals surface area contributed by atoms with Gasteiger partial charge in [-0.3, -0.25) is 4.79 Å². The molecular formula is C17H20FNO2. The minimum atomic E-state index is -0.541. The van der Waals surface area contributed by atoms with Crippen molar-refractivity contribution in [2.24, 2.45) is 5.92 Å². The van der Waals surface area contributed by atoms with E-state index in [2.05, 4.69) is 24.1 Å². The average Bonchev–Trinajstić information content (AvgIpc) is 2.48. The molecule has 2 rings (SSSR count). The summed E-state index contributed by atoms with van der Waals surface area (Å²) in [5, 5.41) is 11.6. The van der Waals surface area contributed by atoms with E-state index in [4.69, 9.17) is 5.11 Å². The molecule has 0 aromatic heterocycles. The fourth-order valence-electron chi connectivity index (χ4n) is 2.67. The number of amides is 1. The van der Waals surface area contributed by atoms with Crippen LogP contribution in [-0.2, 0) is 0 Å². The van der Waals surface area contributed by atoms with Crippen molar-refractivity contribution >= 4 is 5.91 Å². The van der Waals surface area contributed by atoms with Gasteiger partial charge in [0.1, 0.15) is 12.4 Å². The highest BCUT2D eigenvalue weighted by atomic mass is 19.1. The lowest BCUT2D eigenvalue weighted by Crippen LogP contribution is -2.41. The second-order valence-electron chi connectivity index (χ2n) is 5.50. The number of halogens is 1. The van der Waals surface area contributed by atoms with Gasteiger partial charge in [0.05, 0.1) is 5.56 Å². The zero-order chi connectivity index (χ0) is 15.2. The van der Waals surface area contributed by atoms with Gasteiger partial charge in [-0.25, -0.2) is 4.39 Å². The minimum absolute atomic E-state index is 0.170. The first-order chi connectivity index (χ1) is 10.1. The maximum atomic E-state index is 13.8. The summed E-state index contributed by atoms with van der Waals surface area (Å²) in [5.41, 5.74) is 0.492. The van der Waals surface area contributed by atoms with Crippen LogP contribution in [-0.4, -0.2) is 23.7 Å². The van der Waals surface area contributed by atoms with Crippen molar-refractivity contribution in [2.45, 2.75) is 38.6 Å². The predicted molar refractivity (Wildman–Crippen MR) is 79.3 cm³/mol. The van der Waals surface area contributed by atoms with Gasteiger partial charge in [0, 0.05) is 11.6 Å². The Hall–Kier alpha value is -1.86. The molecule has 1 fully saturated rings. The molecule has 1 aromatic carbocycles. The SMILES string of the molecule is CC1CCCCC1NC(=O)c1ccc(C#CCO)c(F)c1. The number of hydrogen-bond donors (Lipinski definition) is 2. The van der Waals surface area contributed by atoms with Gasteiger partial charge in [-0.2, -0.15) is 0 Å². The molecule has 0 heterocycles. The fourth-order valence-corrected chi connectivity index (χ4v) is 2.67. The number of nitrogens with one attached hydrogen (secondary N) is 1. The molecule has 3 nitrogen and oxygen atoms in total. The Kier molecular flexibility index (Phi) is 5.35. The van der Waals surface area contributed by atoms with Crippen LogP contribution in [0.25, 0.3) is 0 Å². The normalized spacial score (nSPS) is 21.3. The highest BCUT2D eigenvalue weighted by Crippen LogP contribution is 2.24. The van der Waals surface area contributed by atoms with Crippen LogP contribution in [0.15, 0.2) is 18.2 Å². The summed E-state index contributed by atoms with van der Waals surface area (Å²) in [6, 6.07) is 4.40. The van der Waals surface area contributed by atoms with E-state index < -0.39 is 5.82 Å². The van der Waals surface area contributed by atoms with Crippen LogP contribution in [0.2, 0.25) is 0 Å². The van der Waals surface area contributed by atoms with Crippen molar-refractivity contribution in [3.8, 4) is 11.8 Å². The molecule has 1 aromatic rings. The molecule has 2 atom stereocenters. The second kappa shape index (κ2) is 7.24. The predicted octanol–water partition coefficient (Wildman–Crippen LogP) is 2.48. The first kappa shape index (κ1) is 15.5. The lowest BCUT2D eigenvalue weighted by Gasteiger charge is -2.29. The van der Waals surface area contributed by atoms with Crippen LogP contribution in [0.5, 0.6) is 0 Å². The molecule has 2 unspecified atom stereocenters. The number of carbonyl (C=O) groups excluding carboxylic acids is 1. The summed E-state index contributed by atoms with van der Waals surface area (Å²) in [4.78, 5) is 12.2. The van der Waals surface area contributed by atoms with Gasteiger partial charge < -0.3 is 10.4 Å². The molecule has 2 N–H and O–H groups in total. The van der Waals surface area contributed by atoms with Crippen molar-refractivity contribution in [2.75, 3.05) is 6.61 Å². The molecule has 0 saturated heterocycles. The lowest BCUT2D eigenvalue weighted by molar-refractivity contribution is 0.0910. The van der Waals surface area contributed by atoms with Crippen LogP contribution >= 0.6 is 0 Å². The molecule has 4 heteroatoms.